The van der Waals surface area contributed by atoms with E-state index in [1.165, 1.54) is 5.56 Å². The molecule has 1 unspecified atom stereocenters. The molecule has 0 bridgehead atoms. The second-order valence-corrected chi connectivity index (χ2v) is 7.73. The molecule has 2 heterocycles. The van der Waals surface area contributed by atoms with Crippen LogP contribution in [0.4, 0.5) is 5.69 Å². The Bertz CT molecular complexity index is 841. The van der Waals surface area contributed by atoms with Gasteiger partial charge in [0.15, 0.2) is 0 Å². The molecule has 0 radical (unpaired) electrons. The molecule has 1 N–H and O–H groups in total. The van der Waals surface area contributed by atoms with Crippen LogP contribution >= 0.6 is 0 Å². The van der Waals surface area contributed by atoms with E-state index >= 15 is 0 Å². The van der Waals surface area contributed by atoms with Crippen LogP contribution in [0.2, 0.25) is 0 Å². The highest BCUT2D eigenvalue weighted by molar-refractivity contribution is 6.00. The molecular weight excluding hydrogens is 354 g/mol. The highest BCUT2D eigenvalue weighted by atomic mass is 16.2. The van der Waals surface area contributed by atoms with Crippen LogP contribution in [0.15, 0.2) is 24.3 Å². The van der Waals surface area contributed by atoms with E-state index in [-0.39, 0.29) is 24.2 Å². The van der Waals surface area contributed by atoms with E-state index in [9.17, 15) is 9.59 Å². The van der Waals surface area contributed by atoms with Gasteiger partial charge >= 0.3 is 0 Å². The maximum atomic E-state index is 12.5. The van der Waals surface area contributed by atoms with Crippen molar-refractivity contribution in [3.05, 3.63) is 41.5 Å². The van der Waals surface area contributed by atoms with Crippen LogP contribution < -0.4 is 10.2 Å². The molecule has 1 fully saturated rings. The number of carbonyl (C=O) groups is 2. The summed E-state index contributed by atoms with van der Waals surface area (Å²) < 4.78 is 1.85. The molecule has 3 rings (SSSR count). The standard InChI is InChI=1S/C21H29N5O2/c1-14(2)17-6-8-19(9-7-17)25-13-18(12-20(25)27)21(28)22-10-5-11-26-16(4)23-15(3)24-26/h6-9,14,18H,5,10-13H2,1-4H3,(H,22,28). The van der Waals surface area contributed by atoms with E-state index < -0.39 is 0 Å². The fraction of sp³-hybridized carbons (Fsp3) is 0.524. The lowest BCUT2D eigenvalue weighted by molar-refractivity contribution is -0.126. The molecule has 2 aromatic rings. The molecule has 0 aliphatic carbocycles. The smallest absolute Gasteiger partial charge is 0.227 e. The fourth-order valence-corrected chi connectivity index (χ4v) is 3.53. The molecule has 1 aliphatic rings. The van der Waals surface area contributed by atoms with Crippen LogP contribution in [-0.2, 0) is 16.1 Å². The minimum atomic E-state index is -0.298. The predicted molar refractivity (Wildman–Crippen MR) is 108 cm³/mol. The summed E-state index contributed by atoms with van der Waals surface area (Å²) in [5.41, 5.74) is 2.10. The second-order valence-electron chi connectivity index (χ2n) is 7.73. The fourth-order valence-electron chi connectivity index (χ4n) is 3.53. The number of carbonyl (C=O) groups excluding carboxylic acids is 2. The number of nitrogens with zero attached hydrogens (tertiary/aromatic N) is 4. The lowest BCUT2D eigenvalue weighted by Crippen LogP contribution is -2.33. The summed E-state index contributed by atoms with van der Waals surface area (Å²) in [4.78, 5) is 30.8. The van der Waals surface area contributed by atoms with E-state index in [4.69, 9.17) is 0 Å². The van der Waals surface area contributed by atoms with Crippen LogP contribution in [0.1, 0.15) is 49.8 Å². The van der Waals surface area contributed by atoms with Gasteiger partial charge in [0.05, 0.1) is 5.92 Å². The van der Waals surface area contributed by atoms with Gasteiger partial charge in [-0.15, -0.1) is 0 Å². The van der Waals surface area contributed by atoms with E-state index in [1.54, 1.807) is 4.90 Å². The Balaban J connectivity index is 1.48. The summed E-state index contributed by atoms with van der Waals surface area (Å²) in [6.45, 7) is 9.78. The Morgan fingerprint density at radius 3 is 2.57 bits per heavy atom. The predicted octanol–water partition coefficient (Wildman–Crippen LogP) is 2.58. The van der Waals surface area contributed by atoms with Crippen molar-refractivity contribution in [3.63, 3.8) is 0 Å². The molecule has 1 aromatic heterocycles. The van der Waals surface area contributed by atoms with Crippen LogP contribution in [0, 0.1) is 19.8 Å². The van der Waals surface area contributed by atoms with Gasteiger partial charge in [-0.25, -0.2) is 4.98 Å². The van der Waals surface area contributed by atoms with E-state index in [1.807, 2.05) is 30.7 Å². The summed E-state index contributed by atoms with van der Waals surface area (Å²) in [6.07, 6.45) is 1.04. The molecule has 7 nitrogen and oxygen atoms in total. The van der Waals surface area contributed by atoms with Crippen molar-refractivity contribution in [2.75, 3.05) is 18.0 Å². The van der Waals surface area contributed by atoms with Crippen LogP contribution in [0.5, 0.6) is 0 Å². The molecule has 150 valence electrons. The maximum absolute atomic E-state index is 12.5. The summed E-state index contributed by atoms with van der Waals surface area (Å²) >= 11 is 0. The Hall–Kier alpha value is -2.70. The van der Waals surface area contributed by atoms with Crippen LogP contribution in [0.3, 0.4) is 0 Å². The quantitative estimate of drug-likeness (QED) is 0.745. The molecule has 0 saturated carbocycles. The Kier molecular flexibility index (Phi) is 6.11. The largest absolute Gasteiger partial charge is 0.356 e. The second kappa shape index (κ2) is 8.54. The molecule has 1 aliphatic heterocycles. The first-order valence-corrected chi connectivity index (χ1v) is 9.91. The van der Waals surface area contributed by atoms with Gasteiger partial charge in [0.1, 0.15) is 11.6 Å². The zero-order valence-electron chi connectivity index (χ0n) is 17.1. The summed E-state index contributed by atoms with van der Waals surface area (Å²) in [7, 11) is 0. The molecule has 0 spiro atoms. The van der Waals surface area contributed by atoms with Gasteiger partial charge in [-0.2, -0.15) is 5.10 Å². The minimum Gasteiger partial charge on any atom is -0.356 e. The topological polar surface area (TPSA) is 80.1 Å². The number of aryl methyl sites for hydroxylation is 3. The Morgan fingerprint density at radius 2 is 1.96 bits per heavy atom. The number of rotatable bonds is 7. The van der Waals surface area contributed by atoms with Gasteiger partial charge in [0.2, 0.25) is 11.8 Å². The van der Waals surface area contributed by atoms with Crippen molar-refractivity contribution in [2.45, 2.75) is 53.0 Å². The van der Waals surface area contributed by atoms with E-state index in [0.717, 1.165) is 23.8 Å². The number of nitrogens with one attached hydrogen (secondary N) is 1. The number of aromatic nitrogens is 3. The third kappa shape index (κ3) is 4.58. The van der Waals surface area contributed by atoms with Crippen molar-refractivity contribution < 1.29 is 9.59 Å². The summed E-state index contributed by atoms with van der Waals surface area (Å²) in [5.74, 6) is 1.74. The molecule has 2 amide bonds. The normalized spacial score (nSPS) is 16.8. The summed E-state index contributed by atoms with van der Waals surface area (Å²) in [5, 5.41) is 7.27. The lowest BCUT2D eigenvalue weighted by atomic mass is 10.0. The van der Waals surface area contributed by atoms with Gasteiger partial charge in [-0.3, -0.25) is 14.3 Å². The average molecular weight is 383 g/mol. The van der Waals surface area contributed by atoms with Crippen molar-refractivity contribution in [1.82, 2.24) is 20.1 Å². The zero-order chi connectivity index (χ0) is 20.3. The highest BCUT2D eigenvalue weighted by Crippen LogP contribution is 2.26. The Morgan fingerprint density at radius 1 is 1.25 bits per heavy atom. The zero-order valence-corrected chi connectivity index (χ0v) is 17.1. The maximum Gasteiger partial charge on any atom is 0.227 e. The molecule has 1 atom stereocenters. The van der Waals surface area contributed by atoms with Gasteiger partial charge < -0.3 is 10.2 Å². The summed E-state index contributed by atoms with van der Waals surface area (Å²) in [6, 6.07) is 8.04. The first-order valence-electron chi connectivity index (χ1n) is 9.91. The van der Waals surface area contributed by atoms with Gasteiger partial charge in [0, 0.05) is 31.7 Å². The van der Waals surface area contributed by atoms with Gasteiger partial charge in [-0.1, -0.05) is 26.0 Å². The van der Waals surface area contributed by atoms with Crippen molar-refractivity contribution >= 4 is 17.5 Å². The number of amides is 2. The highest BCUT2D eigenvalue weighted by Gasteiger charge is 2.34. The first-order chi connectivity index (χ1) is 13.3. The number of anilines is 1. The van der Waals surface area contributed by atoms with Gasteiger partial charge in [0.25, 0.3) is 0 Å². The van der Waals surface area contributed by atoms with Crippen LogP contribution in [-0.4, -0.2) is 39.7 Å². The Labute approximate surface area is 166 Å². The molecular formula is C21H29N5O2. The number of hydrogen-bond donors (Lipinski definition) is 1. The minimum absolute atomic E-state index is 0.00571. The van der Waals surface area contributed by atoms with Crippen LogP contribution in [0.25, 0.3) is 0 Å². The van der Waals surface area contributed by atoms with E-state index in [0.29, 0.717) is 25.6 Å². The molecule has 1 saturated heterocycles. The van der Waals surface area contributed by atoms with Crippen molar-refractivity contribution in [2.24, 2.45) is 5.92 Å². The first kappa shape index (κ1) is 20.0. The molecule has 28 heavy (non-hydrogen) atoms. The SMILES string of the molecule is Cc1nc(C)n(CCCNC(=O)C2CC(=O)N(c3ccc(C(C)C)cc3)C2)n1. The molecule has 1 aromatic carbocycles. The lowest BCUT2D eigenvalue weighted by Gasteiger charge is -2.17. The molecule has 7 heteroatoms. The third-order valence-corrected chi connectivity index (χ3v) is 5.18. The third-order valence-electron chi connectivity index (χ3n) is 5.18. The monoisotopic (exact) mass is 383 g/mol. The number of hydrogen-bond acceptors (Lipinski definition) is 4. The van der Waals surface area contributed by atoms with Gasteiger partial charge in [-0.05, 0) is 43.9 Å². The number of benzene rings is 1. The van der Waals surface area contributed by atoms with E-state index in [2.05, 4.69) is 41.4 Å². The van der Waals surface area contributed by atoms with Crippen molar-refractivity contribution in [3.8, 4) is 0 Å². The van der Waals surface area contributed by atoms with Crippen molar-refractivity contribution in [1.29, 1.82) is 0 Å². The average Bonchev–Trinajstić information content (AvgIpc) is 3.20.